The Bertz CT molecular complexity index is 593. The maximum atomic E-state index is 10.9. The zero-order valence-electron chi connectivity index (χ0n) is 14.8. The molecule has 0 saturated carbocycles. The number of pyridine rings is 1. The number of nitrogen functional groups attached to an aromatic ring is 1. The molecule has 6 nitrogen and oxygen atoms in total. The van der Waals surface area contributed by atoms with Gasteiger partial charge in [-0.1, -0.05) is 21.3 Å². The van der Waals surface area contributed by atoms with Crippen LogP contribution in [0.4, 0.5) is 0 Å². The van der Waals surface area contributed by atoms with Crippen molar-refractivity contribution in [1.82, 2.24) is 9.66 Å². The molecule has 0 aromatic carbocycles. The number of methoxy groups -OCH3 is 2. The third-order valence-electron chi connectivity index (χ3n) is 2.99. The van der Waals surface area contributed by atoms with E-state index in [1.54, 1.807) is 32.7 Å². The molecule has 2 aromatic rings. The lowest BCUT2D eigenvalue weighted by molar-refractivity contribution is 0.111. The Morgan fingerprint density at radius 2 is 1.92 bits per heavy atom. The van der Waals surface area contributed by atoms with E-state index in [2.05, 4.69) is 9.72 Å². The molecule has 136 valence electrons. The summed E-state index contributed by atoms with van der Waals surface area (Å²) in [4.78, 5) is 14.9. The summed E-state index contributed by atoms with van der Waals surface area (Å²) in [5.41, 5.74) is 3.13. The topological polar surface area (TPSA) is 79.4 Å². The molecule has 0 unspecified atom stereocenters. The van der Waals surface area contributed by atoms with E-state index in [0.717, 1.165) is 29.6 Å². The predicted molar refractivity (Wildman–Crippen MR) is 100 cm³/mol. The van der Waals surface area contributed by atoms with Gasteiger partial charge in [-0.15, -0.1) is 0 Å². The number of carbonyl (C=O) groups excluding carboxylic acids is 1. The molecular formula is C18H31N3O3. The molecule has 0 aliphatic rings. The fourth-order valence-electron chi connectivity index (χ4n) is 1.77. The van der Waals surface area contributed by atoms with Crippen LogP contribution < -0.4 is 10.6 Å². The van der Waals surface area contributed by atoms with Crippen molar-refractivity contribution in [3.63, 3.8) is 0 Å². The Morgan fingerprint density at radius 3 is 2.33 bits per heavy atom. The molecule has 0 aliphatic carbocycles. The zero-order chi connectivity index (χ0) is 17.8. The number of rotatable bonds is 4. The number of hydrogen-bond donors (Lipinski definition) is 1. The van der Waals surface area contributed by atoms with Crippen molar-refractivity contribution in [2.75, 3.05) is 26.7 Å². The van der Waals surface area contributed by atoms with Gasteiger partial charge in [0.25, 0.3) is 0 Å². The molecule has 0 radical (unpaired) electrons. The third kappa shape index (κ3) is 6.42. The van der Waals surface area contributed by atoms with Crippen molar-refractivity contribution in [2.45, 2.75) is 35.1 Å². The minimum atomic E-state index is 0. The Labute approximate surface area is 145 Å². The molecule has 0 aliphatic heterocycles. The molecule has 2 rings (SSSR count). The van der Waals surface area contributed by atoms with Crippen LogP contribution in [0.15, 0.2) is 24.5 Å². The summed E-state index contributed by atoms with van der Waals surface area (Å²) in [6.45, 7) is 8.63. The number of ether oxygens (including phenoxy) is 2. The molecule has 2 aromatic heterocycles. The first-order valence-corrected chi connectivity index (χ1v) is 7.50. The molecule has 6 heteroatoms. The zero-order valence-corrected chi connectivity index (χ0v) is 14.8. The first-order chi connectivity index (χ1) is 11.1. The Hall–Kier alpha value is -2.34. The van der Waals surface area contributed by atoms with Gasteiger partial charge in [-0.2, -0.15) is 0 Å². The Balaban J connectivity index is 0. The van der Waals surface area contributed by atoms with Crippen molar-refractivity contribution >= 4 is 6.29 Å². The highest BCUT2D eigenvalue weighted by molar-refractivity contribution is 5.82. The molecule has 2 N–H and O–H groups in total. The monoisotopic (exact) mass is 337 g/mol. The highest BCUT2D eigenvalue weighted by atomic mass is 16.5. The summed E-state index contributed by atoms with van der Waals surface area (Å²) in [6, 6.07) is 3.65. The molecule has 2 heterocycles. The van der Waals surface area contributed by atoms with Crippen molar-refractivity contribution < 1.29 is 14.3 Å². The maximum Gasteiger partial charge on any atom is 0.213 e. The quantitative estimate of drug-likeness (QED) is 0.679. The van der Waals surface area contributed by atoms with E-state index in [4.69, 9.17) is 10.6 Å². The molecule has 0 fully saturated rings. The second-order valence-corrected chi connectivity index (χ2v) is 4.24. The van der Waals surface area contributed by atoms with E-state index >= 15 is 0 Å². The summed E-state index contributed by atoms with van der Waals surface area (Å²) in [6.07, 6.45) is 4.12. The lowest BCUT2D eigenvalue weighted by Crippen LogP contribution is -2.10. The first kappa shape index (κ1) is 23.9. The Morgan fingerprint density at radius 1 is 1.33 bits per heavy atom. The minimum Gasteiger partial charge on any atom is -0.481 e. The lowest BCUT2D eigenvalue weighted by Gasteiger charge is -2.02. The second kappa shape index (κ2) is 13.1. The molecule has 0 bridgehead atoms. The average molecular weight is 337 g/mol. The molecule has 0 spiro atoms. The number of nitrogens with two attached hydrogens (primary N) is 1. The van der Waals surface area contributed by atoms with E-state index in [9.17, 15) is 4.79 Å². The minimum absolute atomic E-state index is 0. The average Bonchev–Trinajstić information content (AvgIpc) is 2.90. The van der Waals surface area contributed by atoms with Gasteiger partial charge < -0.3 is 15.3 Å². The summed E-state index contributed by atoms with van der Waals surface area (Å²) in [7, 11) is 3.24. The van der Waals surface area contributed by atoms with Crippen LogP contribution >= 0.6 is 0 Å². The highest BCUT2D eigenvalue weighted by Crippen LogP contribution is 2.27. The van der Waals surface area contributed by atoms with Crippen LogP contribution in [0.3, 0.4) is 0 Å². The molecule has 0 saturated heterocycles. The van der Waals surface area contributed by atoms with Gasteiger partial charge in [0.15, 0.2) is 6.29 Å². The second-order valence-electron chi connectivity index (χ2n) is 4.24. The van der Waals surface area contributed by atoms with Crippen LogP contribution in [0.25, 0.3) is 11.1 Å². The summed E-state index contributed by atoms with van der Waals surface area (Å²) < 4.78 is 10.9. The van der Waals surface area contributed by atoms with Crippen molar-refractivity contribution in [1.29, 1.82) is 0 Å². The molecule has 24 heavy (non-hydrogen) atoms. The van der Waals surface area contributed by atoms with Gasteiger partial charge >= 0.3 is 0 Å². The summed E-state index contributed by atoms with van der Waals surface area (Å²) >= 11 is 0. The van der Waals surface area contributed by atoms with Crippen LogP contribution in [-0.4, -0.2) is 36.8 Å². The standard InChI is InChI=1S/C12H13N3O2.C3H8O.C2H6.CH4/c1-8-10(6-15(13)11(8)7-16)9-3-4-14-12(5-9)17-2;1-3-4-2;1-2;/h3-7H,13H2,1-2H3;3H2,1-2H3;1-2H3;1H4. The summed E-state index contributed by atoms with van der Waals surface area (Å²) in [5.74, 6) is 6.23. The third-order valence-corrected chi connectivity index (χ3v) is 2.99. The fourth-order valence-corrected chi connectivity index (χ4v) is 1.77. The van der Waals surface area contributed by atoms with Crippen molar-refractivity contribution in [3.05, 3.63) is 35.8 Å². The Kier molecular flexibility index (Phi) is 13.1. The van der Waals surface area contributed by atoms with Gasteiger partial charge in [0.05, 0.1) is 7.11 Å². The van der Waals surface area contributed by atoms with E-state index < -0.39 is 0 Å². The molecule has 0 atom stereocenters. The number of hydrogen-bond acceptors (Lipinski definition) is 5. The van der Waals surface area contributed by atoms with Gasteiger partial charge in [-0.25, -0.2) is 4.98 Å². The lowest BCUT2D eigenvalue weighted by atomic mass is 10.1. The highest BCUT2D eigenvalue weighted by Gasteiger charge is 2.12. The number of aldehydes is 1. The van der Waals surface area contributed by atoms with Gasteiger partial charge in [-0.3, -0.25) is 9.47 Å². The van der Waals surface area contributed by atoms with Gasteiger partial charge in [0.2, 0.25) is 5.88 Å². The van der Waals surface area contributed by atoms with Crippen molar-refractivity contribution in [3.8, 4) is 17.0 Å². The number of carbonyl (C=O) groups is 1. The summed E-state index contributed by atoms with van der Waals surface area (Å²) in [5, 5.41) is 0. The van der Waals surface area contributed by atoms with Crippen LogP contribution in [-0.2, 0) is 4.74 Å². The van der Waals surface area contributed by atoms with Crippen LogP contribution in [0.1, 0.15) is 44.2 Å². The fraction of sp³-hybridized carbons (Fsp3) is 0.444. The predicted octanol–water partition coefficient (Wildman–Crippen LogP) is 3.71. The number of nitrogens with zero attached hydrogens (tertiary/aromatic N) is 2. The van der Waals surface area contributed by atoms with Gasteiger partial charge in [-0.05, 0) is 31.0 Å². The number of aromatic nitrogens is 2. The van der Waals surface area contributed by atoms with Gasteiger partial charge in [0.1, 0.15) is 5.69 Å². The molecule has 0 amide bonds. The van der Waals surface area contributed by atoms with Crippen LogP contribution in [0.2, 0.25) is 0 Å². The largest absolute Gasteiger partial charge is 0.481 e. The van der Waals surface area contributed by atoms with Crippen LogP contribution in [0, 0.1) is 6.92 Å². The van der Waals surface area contributed by atoms with E-state index in [1.165, 1.54) is 4.68 Å². The van der Waals surface area contributed by atoms with Crippen LogP contribution in [0.5, 0.6) is 5.88 Å². The normalized spacial score (nSPS) is 8.75. The first-order valence-electron chi connectivity index (χ1n) is 7.50. The van der Waals surface area contributed by atoms with Gasteiger partial charge in [0, 0.05) is 37.7 Å². The molecular weight excluding hydrogens is 306 g/mol. The SMILES string of the molecule is C.CC.CCOC.COc1cc(-c2cn(N)c(C=O)c2C)ccn1. The van der Waals surface area contributed by atoms with Crippen molar-refractivity contribution in [2.24, 2.45) is 0 Å². The maximum absolute atomic E-state index is 10.9. The van der Waals surface area contributed by atoms with E-state index in [1.807, 2.05) is 33.8 Å². The van der Waals surface area contributed by atoms with E-state index in [0.29, 0.717) is 11.6 Å². The smallest absolute Gasteiger partial charge is 0.213 e. The van der Waals surface area contributed by atoms with E-state index in [-0.39, 0.29) is 7.43 Å².